The molecule has 0 radical (unpaired) electrons. The van der Waals surface area contributed by atoms with Gasteiger partial charge in [-0.15, -0.1) is 11.3 Å². The Morgan fingerprint density at radius 1 is 1.38 bits per heavy atom. The van der Waals surface area contributed by atoms with Crippen LogP contribution in [0.5, 0.6) is 0 Å². The van der Waals surface area contributed by atoms with E-state index in [0.29, 0.717) is 5.15 Å². The molecule has 0 saturated carbocycles. The average Bonchev–Trinajstić information content (AvgIpc) is 2.67. The summed E-state index contributed by atoms with van der Waals surface area (Å²) in [6, 6.07) is 3.77. The summed E-state index contributed by atoms with van der Waals surface area (Å²) in [7, 11) is 0. The SMILES string of the molecule is Cc1csc(CNCc2ccc(Cl)nc2)n1. The van der Waals surface area contributed by atoms with Gasteiger partial charge in [-0.2, -0.15) is 0 Å². The molecule has 1 N–H and O–H groups in total. The highest BCUT2D eigenvalue weighted by Gasteiger charge is 1.98. The molecular weight excluding hydrogens is 242 g/mol. The van der Waals surface area contributed by atoms with E-state index in [1.807, 2.05) is 13.0 Å². The fourth-order valence-corrected chi connectivity index (χ4v) is 2.16. The zero-order valence-corrected chi connectivity index (χ0v) is 10.5. The molecule has 0 aromatic carbocycles. The van der Waals surface area contributed by atoms with Gasteiger partial charge in [0.2, 0.25) is 0 Å². The maximum Gasteiger partial charge on any atom is 0.129 e. The van der Waals surface area contributed by atoms with Crippen LogP contribution < -0.4 is 5.32 Å². The highest BCUT2D eigenvalue weighted by atomic mass is 35.5. The van der Waals surface area contributed by atoms with Crippen molar-refractivity contribution in [1.29, 1.82) is 0 Å². The first-order valence-electron chi connectivity index (χ1n) is 4.96. The zero-order chi connectivity index (χ0) is 11.4. The van der Waals surface area contributed by atoms with Crippen LogP contribution in [0, 0.1) is 6.92 Å². The van der Waals surface area contributed by atoms with E-state index in [4.69, 9.17) is 11.6 Å². The van der Waals surface area contributed by atoms with Gasteiger partial charge in [-0.3, -0.25) is 0 Å². The molecule has 2 heterocycles. The van der Waals surface area contributed by atoms with Crippen LogP contribution in [0.2, 0.25) is 5.15 Å². The number of thiazole rings is 1. The molecule has 2 aromatic rings. The van der Waals surface area contributed by atoms with Gasteiger partial charge in [0.1, 0.15) is 10.2 Å². The minimum atomic E-state index is 0.527. The summed E-state index contributed by atoms with van der Waals surface area (Å²) in [6.07, 6.45) is 1.78. The van der Waals surface area contributed by atoms with Crippen LogP contribution >= 0.6 is 22.9 Å². The van der Waals surface area contributed by atoms with Gasteiger partial charge < -0.3 is 5.32 Å². The van der Waals surface area contributed by atoms with E-state index in [-0.39, 0.29) is 0 Å². The maximum absolute atomic E-state index is 5.70. The lowest BCUT2D eigenvalue weighted by Crippen LogP contribution is -2.12. The second-order valence-electron chi connectivity index (χ2n) is 3.48. The summed E-state index contributed by atoms with van der Waals surface area (Å²) in [5.41, 5.74) is 2.20. The molecular formula is C11H12ClN3S. The van der Waals surface area contributed by atoms with E-state index in [0.717, 1.165) is 29.4 Å². The van der Waals surface area contributed by atoms with Crippen LogP contribution in [-0.4, -0.2) is 9.97 Å². The van der Waals surface area contributed by atoms with Crippen molar-refractivity contribution in [2.75, 3.05) is 0 Å². The normalized spacial score (nSPS) is 10.6. The van der Waals surface area contributed by atoms with Gasteiger partial charge in [-0.05, 0) is 18.6 Å². The van der Waals surface area contributed by atoms with Crippen LogP contribution in [0.15, 0.2) is 23.7 Å². The lowest BCUT2D eigenvalue weighted by Gasteiger charge is -2.02. The van der Waals surface area contributed by atoms with Crippen molar-refractivity contribution in [2.45, 2.75) is 20.0 Å². The van der Waals surface area contributed by atoms with Crippen molar-refractivity contribution in [3.05, 3.63) is 45.1 Å². The molecule has 0 aliphatic rings. The molecule has 0 amide bonds. The first-order chi connectivity index (χ1) is 7.74. The summed E-state index contributed by atoms with van der Waals surface area (Å²) in [4.78, 5) is 8.40. The highest BCUT2D eigenvalue weighted by Crippen LogP contribution is 2.09. The molecule has 0 aliphatic carbocycles. The Morgan fingerprint density at radius 2 is 2.25 bits per heavy atom. The third-order valence-electron chi connectivity index (χ3n) is 2.06. The molecule has 16 heavy (non-hydrogen) atoms. The van der Waals surface area contributed by atoms with E-state index < -0.39 is 0 Å². The van der Waals surface area contributed by atoms with Crippen LogP contribution in [0.3, 0.4) is 0 Å². The van der Waals surface area contributed by atoms with Crippen molar-refractivity contribution in [1.82, 2.24) is 15.3 Å². The van der Waals surface area contributed by atoms with Crippen molar-refractivity contribution in [3.63, 3.8) is 0 Å². The Morgan fingerprint density at radius 3 is 2.88 bits per heavy atom. The number of halogens is 1. The molecule has 2 aromatic heterocycles. The first-order valence-corrected chi connectivity index (χ1v) is 6.22. The standard InChI is InChI=1S/C11H12ClN3S/c1-8-7-16-11(15-8)6-13-4-9-2-3-10(12)14-5-9/h2-3,5,7,13H,4,6H2,1H3. The van der Waals surface area contributed by atoms with E-state index in [9.17, 15) is 0 Å². The van der Waals surface area contributed by atoms with Crippen molar-refractivity contribution in [2.24, 2.45) is 0 Å². The monoisotopic (exact) mass is 253 g/mol. The molecule has 0 spiro atoms. The van der Waals surface area contributed by atoms with Crippen molar-refractivity contribution in [3.8, 4) is 0 Å². The van der Waals surface area contributed by atoms with E-state index in [1.165, 1.54) is 0 Å². The van der Waals surface area contributed by atoms with Gasteiger partial charge in [0, 0.05) is 30.4 Å². The quantitative estimate of drug-likeness (QED) is 0.852. The maximum atomic E-state index is 5.70. The Balaban J connectivity index is 1.82. The lowest BCUT2D eigenvalue weighted by atomic mass is 10.3. The molecule has 0 atom stereocenters. The van der Waals surface area contributed by atoms with E-state index >= 15 is 0 Å². The molecule has 5 heteroatoms. The number of hydrogen-bond acceptors (Lipinski definition) is 4. The molecule has 3 nitrogen and oxygen atoms in total. The number of aryl methyl sites for hydroxylation is 1. The number of nitrogens with one attached hydrogen (secondary N) is 1. The Kier molecular flexibility index (Phi) is 3.88. The Labute approximate surface area is 104 Å². The van der Waals surface area contributed by atoms with Crippen LogP contribution in [0.1, 0.15) is 16.3 Å². The highest BCUT2D eigenvalue weighted by molar-refractivity contribution is 7.09. The molecule has 0 unspecified atom stereocenters. The van der Waals surface area contributed by atoms with Crippen LogP contribution in [-0.2, 0) is 13.1 Å². The Bertz CT molecular complexity index is 453. The van der Waals surface area contributed by atoms with Crippen molar-refractivity contribution >= 4 is 22.9 Å². The minimum Gasteiger partial charge on any atom is -0.306 e. The number of nitrogens with zero attached hydrogens (tertiary/aromatic N) is 2. The fraction of sp³-hybridized carbons (Fsp3) is 0.273. The predicted octanol–water partition coefficient (Wildman–Crippen LogP) is 2.79. The van der Waals surface area contributed by atoms with Gasteiger partial charge in [0.05, 0.1) is 0 Å². The number of aromatic nitrogens is 2. The molecule has 0 fully saturated rings. The smallest absolute Gasteiger partial charge is 0.129 e. The van der Waals surface area contributed by atoms with Gasteiger partial charge in [-0.1, -0.05) is 17.7 Å². The van der Waals surface area contributed by atoms with Gasteiger partial charge in [0.25, 0.3) is 0 Å². The summed E-state index contributed by atoms with van der Waals surface area (Å²) < 4.78 is 0. The third kappa shape index (κ3) is 3.27. The van der Waals surface area contributed by atoms with Gasteiger partial charge in [0.15, 0.2) is 0 Å². The summed E-state index contributed by atoms with van der Waals surface area (Å²) >= 11 is 7.38. The lowest BCUT2D eigenvalue weighted by molar-refractivity contribution is 0.687. The summed E-state index contributed by atoms with van der Waals surface area (Å²) in [5, 5.41) is 7.01. The van der Waals surface area contributed by atoms with E-state index in [1.54, 1.807) is 23.6 Å². The predicted molar refractivity (Wildman–Crippen MR) is 66.6 cm³/mol. The summed E-state index contributed by atoms with van der Waals surface area (Å²) in [6.45, 7) is 3.58. The number of hydrogen-bond donors (Lipinski definition) is 1. The summed E-state index contributed by atoms with van der Waals surface area (Å²) in [5.74, 6) is 0. The van der Waals surface area contributed by atoms with Crippen molar-refractivity contribution < 1.29 is 0 Å². The van der Waals surface area contributed by atoms with Gasteiger partial charge in [-0.25, -0.2) is 9.97 Å². The molecule has 0 aliphatic heterocycles. The topological polar surface area (TPSA) is 37.8 Å². The minimum absolute atomic E-state index is 0.527. The molecule has 0 bridgehead atoms. The first kappa shape index (κ1) is 11.5. The van der Waals surface area contributed by atoms with Crippen LogP contribution in [0.4, 0.5) is 0 Å². The molecule has 2 rings (SSSR count). The molecule has 84 valence electrons. The van der Waals surface area contributed by atoms with Crippen LogP contribution in [0.25, 0.3) is 0 Å². The average molecular weight is 254 g/mol. The second-order valence-corrected chi connectivity index (χ2v) is 4.81. The second kappa shape index (κ2) is 5.39. The third-order valence-corrected chi connectivity index (χ3v) is 3.25. The molecule has 0 saturated heterocycles. The largest absolute Gasteiger partial charge is 0.306 e. The van der Waals surface area contributed by atoms with E-state index in [2.05, 4.69) is 20.7 Å². The number of rotatable bonds is 4. The zero-order valence-electron chi connectivity index (χ0n) is 8.90. The fourth-order valence-electron chi connectivity index (χ4n) is 1.31. The number of pyridine rings is 1. The van der Waals surface area contributed by atoms with Gasteiger partial charge >= 0.3 is 0 Å². The Hall–Kier alpha value is -0.970.